The van der Waals surface area contributed by atoms with E-state index in [0.717, 1.165) is 6.42 Å². The molecule has 1 heterocycles. The van der Waals surface area contributed by atoms with Crippen LogP contribution >= 0.6 is 0 Å². The monoisotopic (exact) mass is 332 g/mol. The molecule has 7 nitrogen and oxygen atoms in total. The number of quaternary nitrogens is 1. The number of nitrogens with zero attached hydrogens (tertiary/aromatic N) is 1. The Morgan fingerprint density at radius 1 is 1.25 bits per heavy atom. The van der Waals surface area contributed by atoms with Crippen LogP contribution in [0.2, 0.25) is 0 Å². The SMILES string of the molecule is CCCn1c(N)c(NC[C@@H](c2ccccc2)[NH+](C)C)c(=O)[nH]c1=O. The van der Waals surface area contributed by atoms with E-state index in [1.165, 1.54) is 15.0 Å². The molecule has 0 saturated carbocycles. The highest BCUT2D eigenvalue weighted by Crippen LogP contribution is 2.14. The number of hydrogen-bond acceptors (Lipinski definition) is 4. The maximum atomic E-state index is 12.1. The van der Waals surface area contributed by atoms with Crippen molar-refractivity contribution in [2.24, 2.45) is 0 Å². The third-order valence-corrected chi connectivity index (χ3v) is 4.07. The molecule has 0 radical (unpaired) electrons. The molecule has 0 aliphatic carbocycles. The van der Waals surface area contributed by atoms with E-state index < -0.39 is 11.2 Å². The van der Waals surface area contributed by atoms with Crippen molar-refractivity contribution < 1.29 is 4.90 Å². The summed E-state index contributed by atoms with van der Waals surface area (Å²) in [6, 6.07) is 10.2. The lowest BCUT2D eigenvalue weighted by atomic mass is 10.1. The number of nitrogens with two attached hydrogens (primary N) is 1. The van der Waals surface area contributed by atoms with Crippen LogP contribution in [0, 0.1) is 0 Å². The highest BCUT2D eigenvalue weighted by atomic mass is 16.2. The fourth-order valence-corrected chi connectivity index (χ4v) is 2.75. The van der Waals surface area contributed by atoms with Gasteiger partial charge in [0.05, 0.1) is 20.6 Å². The van der Waals surface area contributed by atoms with E-state index in [-0.39, 0.29) is 17.5 Å². The average molecular weight is 332 g/mol. The number of aromatic amines is 1. The molecule has 0 aliphatic rings. The van der Waals surface area contributed by atoms with E-state index in [0.29, 0.717) is 13.1 Å². The number of anilines is 2. The Labute approximate surface area is 141 Å². The maximum absolute atomic E-state index is 12.1. The second kappa shape index (κ2) is 7.83. The molecule has 0 unspecified atom stereocenters. The fourth-order valence-electron chi connectivity index (χ4n) is 2.75. The van der Waals surface area contributed by atoms with Crippen LogP contribution in [0.1, 0.15) is 24.9 Å². The molecular formula is C17H26N5O2+. The first kappa shape index (κ1) is 17.8. The molecule has 0 spiro atoms. The molecule has 1 atom stereocenters. The zero-order chi connectivity index (χ0) is 17.7. The van der Waals surface area contributed by atoms with Crippen LogP contribution in [0.15, 0.2) is 39.9 Å². The van der Waals surface area contributed by atoms with E-state index in [1.807, 2.05) is 25.1 Å². The Kier molecular flexibility index (Phi) is 5.81. The molecule has 1 aromatic heterocycles. The Morgan fingerprint density at radius 2 is 1.92 bits per heavy atom. The number of hydrogen-bond donors (Lipinski definition) is 4. The summed E-state index contributed by atoms with van der Waals surface area (Å²) in [5.74, 6) is 0.186. The fraction of sp³-hybridized carbons (Fsp3) is 0.412. The van der Waals surface area contributed by atoms with E-state index in [9.17, 15) is 9.59 Å². The Bertz CT molecular complexity index is 780. The zero-order valence-electron chi connectivity index (χ0n) is 14.4. The molecule has 0 amide bonds. The summed E-state index contributed by atoms with van der Waals surface area (Å²) in [6.45, 7) is 2.95. The summed E-state index contributed by atoms with van der Waals surface area (Å²) in [4.78, 5) is 27.5. The van der Waals surface area contributed by atoms with Gasteiger partial charge in [-0.3, -0.25) is 14.3 Å². The van der Waals surface area contributed by atoms with Gasteiger partial charge in [-0.2, -0.15) is 0 Å². The van der Waals surface area contributed by atoms with Crippen LogP contribution in [-0.4, -0.2) is 30.2 Å². The number of benzene rings is 1. The minimum Gasteiger partial charge on any atom is -0.383 e. The van der Waals surface area contributed by atoms with Gasteiger partial charge >= 0.3 is 5.69 Å². The first-order valence-corrected chi connectivity index (χ1v) is 8.17. The van der Waals surface area contributed by atoms with Crippen molar-refractivity contribution in [2.75, 3.05) is 31.7 Å². The van der Waals surface area contributed by atoms with Gasteiger partial charge in [-0.25, -0.2) is 4.79 Å². The van der Waals surface area contributed by atoms with Crippen LogP contribution in [0.25, 0.3) is 0 Å². The third-order valence-electron chi connectivity index (χ3n) is 4.07. The van der Waals surface area contributed by atoms with E-state index in [2.05, 4.69) is 36.5 Å². The van der Waals surface area contributed by atoms with Crippen molar-refractivity contribution in [2.45, 2.75) is 25.9 Å². The van der Waals surface area contributed by atoms with Crippen molar-refractivity contribution in [1.29, 1.82) is 0 Å². The van der Waals surface area contributed by atoms with E-state index >= 15 is 0 Å². The average Bonchev–Trinajstić information content (AvgIpc) is 2.55. The standard InChI is InChI=1S/C17H25N5O2/c1-4-10-22-15(18)14(16(23)20-17(22)24)19-11-13(21(2)3)12-8-6-5-7-9-12/h5-9,13,19H,4,10-11,18H2,1-3H3,(H,20,23,24)/p+1/t13-/m0/s1. The number of aromatic nitrogens is 2. The lowest BCUT2D eigenvalue weighted by Crippen LogP contribution is -3.06. The molecule has 130 valence electrons. The first-order chi connectivity index (χ1) is 11.5. The molecule has 0 aliphatic heterocycles. The van der Waals surface area contributed by atoms with Gasteiger partial charge in [0.25, 0.3) is 5.56 Å². The summed E-state index contributed by atoms with van der Waals surface area (Å²) in [5, 5.41) is 3.14. The largest absolute Gasteiger partial charge is 0.383 e. The molecule has 0 bridgehead atoms. The quantitative estimate of drug-likeness (QED) is 0.566. The Morgan fingerprint density at radius 3 is 2.50 bits per heavy atom. The molecule has 2 rings (SSSR count). The highest BCUT2D eigenvalue weighted by molar-refractivity contribution is 5.60. The highest BCUT2D eigenvalue weighted by Gasteiger charge is 2.19. The number of nitrogen functional groups attached to an aromatic ring is 1. The Hall–Kier alpha value is -2.54. The zero-order valence-corrected chi connectivity index (χ0v) is 14.4. The van der Waals surface area contributed by atoms with Gasteiger partial charge in [-0.1, -0.05) is 37.3 Å². The molecule has 5 N–H and O–H groups in total. The summed E-state index contributed by atoms with van der Waals surface area (Å²) in [7, 11) is 4.12. The number of nitrogens with one attached hydrogen (secondary N) is 3. The topological polar surface area (TPSA) is 97.3 Å². The predicted molar refractivity (Wildman–Crippen MR) is 96.5 cm³/mol. The van der Waals surface area contributed by atoms with Crippen LogP contribution in [-0.2, 0) is 6.54 Å². The van der Waals surface area contributed by atoms with Gasteiger partial charge in [0.15, 0.2) is 0 Å². The molecular weight excluding hydrogens is 306 g/mol. The predicted octanol–water partition coefficient (Wildman–Crippen LogP) is -0.173. The number of likely N-dealkylation sites (N-methyl/N-ethyl adjacent to an activating group) is 1. The van der Waals surface area contributed by atoms with Crippen molar-refractivity contribution in [3.63, 3.8) is 0 Å². The molecule has 0 saturated heterocycles. The van der Waals surface area contributed by atoms with Crippen LogP contribution in [0.5, 0.6) is 0 Å². The third kappa shape index (κ3) is 3.86. The number of H-pyrrole nitrogens is 1. The lowest BCUT2D eigenvalue weighted by molar-refractivity contribution is -0.890. The van der Waals surface area contributed by atoms with Crippen molar-refractivity contribution in [3.05, 3.63) is 56.7 Å². The molecule has 7 heteroatoms. The first-order valence-electron chi connectivity index (χ1n) is 8.17. The van der Waals surface area contributed by atoms with Crippen LogP contribution < -0.4 is 27.2 Å². The van der Waals surface area contributed by atoms with Gasteiger partial charge in [0.2, 0.25) is 0 Å². The normalized spacial score (nSPS) is 12.3. The smallest absolute Gasteiger partial charge is 0.330 e. The van der Waals surface area contributed by atoms with Gasteiger partial charge in [0, 0.05) is 12.1 Å². The van der Waals surface area contributed by atoms with Crippen molar-refractivity contribution >= 4 is 11.5 Å². The van der Waals surface area contributed by atoms with Crippen LogP contribution in [0.4, 0.5) is 11.5 Å². The Balaban J connectivity index is 2.29. The summed E-state index contributed by atoms with van der Waals surface area (Å²) >= 11 is 0. The minimum atomic E-state index is -0.481. The minimum absolute atomic E-state index is 0.150. The summed E-state index contributed by atoms with van der Waals surface area (Å²) < 4.78 is 1.39. The van der Waals surface area contributed by atoms with Gasteiger partial charge in [-0.05, 0) is 6.42 Å². The summed E-state index contributed by atoms with van der Waals surface area (Å²) in [6.07, 6.45) is 0.754. The molecule has 0 fully saturated rings. The van der Waals surface area contributed by atoms with Crippen molar-refractivity contribution in [3.8, 4) is 0 Å². The second-order valence-corrected chi connectivity index (χ2v) is 6.09. The maximum Gasteiger partial charge on any atom is 0.330 e. The van der Waals surface area contributed by atoms with Gasteiger partial charge in [-0.15, -0.1) is 0 Å². The number of rotatable bonds is 7. The molecule has 24 heavy (non-hydrogen) atoms. The van der Waals surface area contributed by atoms with Crippen LogP contribution in [0.3, 0.4) is 0 Å². The lowest BCUT2D eigenvalue weighted by Gasteiger charge is -2.23. The molecule has 1 aromatic carbocycles. The second-order valence-electron chi connectivity index (χ2n) is 6.09. The van der Waals surface area contributed by atoms with E-state index in [4.69, 9.17) is 5.73 Å². The summed E-state index contributed by atoms with van der Waals surface area (Å²) in [5.41, 5.74) is 6.52. The van der Waals surface area contributed by atoms with Crippen molar-refractivity contribution in [1.82, 2.24) is 9.55 Å². The van der Waals surface area contributed by atoms with E-state index in [1.54, 1.807) is 0 Å². The van der Waals surface area contributed by atoms with Gasteiger partial charge < -0.3 is 16.0 Å². The van der Waals surface area contributed by atoms with Gasteiger partial charge in [0.1, 0.15) is 17.5 Å². The molecule has 2 aromatic rings.